The van der Waals surface area contributed by atoms with Crippen LogP contribution in [0.15, 0.2) is 12.4 Å². The Hall–Kier alpha value is -0.830. The van der Waals surface area contributed by atoms with Crippen LogP contribution in [0.3, 0.4) is 0 Å². The first-order chi connectivity index (χ1) is 6.77. The Kier molecular flexibility index (Phi) is 4.66. The van der Waals surface area contributed by atoms with E-state index in [4.69, 9.17) is 0 Å². The fourth-order valence-electron chi connectivity index (χ4n) is 1.47. The second-order valence-electron chi connectivity index (χ2n) is 3.77. The first-order valence-electron chi connectivity index (χ1n) is 5.45. The summed E-state index contributed by atoms with van der Waals surface area (Å²) in [6.07, 6.45) is 7.38. The molecular weight excluding hydrogens is 174 g/mol. The van der Waals surface area contributed by atoms with Crippen molar-refractivity contribution in [2.75, 3.05) is 7.05 Å². The highest BCUT2D eigenvalue weighted by molar-refractivity contribution is 4.92. The van der Waals surface area contributed by atoms with Crippen LogP contribution in [0.25, 0.3) is 0 Å². The summed E-state index contributed by atoms with van der Waals surface area (Å²) in [6.45, 7) is 5.46. The Morgan fingerprint density at radius 1 is 1.57 bits per heavy atom. The Morgan fingerprint density at radius 2 is 2.36 bits per heavy atom. The van der Waals surface area contributed by atoms with Gasteiger partial charge in [-0.05, 0) is 26.8 Å². The summed E-state index contributed by atoms with van der Waals surface area (Å²) in [5.74, 6) is 1.22. The molecule has 0 aliphatic heterocycles. The zero-order valence-electron chi connectivity index (χ0n) is 9.45. The van der Waals surface area contributed by atoms with E-state index in [0.717, 1.165) is 19.4 Å². The molecule has 3 nitrogen and oxygen atoms in total. The molecule has 1 atom stereocenters. The lowest BCUT2D eigenvalue weighted by atomic mass is 10.2. The zero-order valence-corrected chi connectivity index (χ0v) is 9.45. The normalized spacial score (nSPS) is 13.1. The number of nitrogens with zero attached hydrogens (tertiary/aromatic N) is 2. The molecule has 80 valence electrons. The Balaban J connectivity index is 2.45. The van der Waals surface area contributed by atoms with Crippen LogP contribution in [-0.2, 0) is 13.0 Å². The number of hydrogen-bond acceptors (Lipinski definition) is 2. The smallest absolute Gasteiger partial charge is 0.108 e. The number of rotatable bonds is 6. The average Bonchev–Trinajstić information content (AvgIpc) is 2.62. The van der Waals surface area contributed by atoms with Gasteiger partial charge in [0.1, 0.15) is 5.82 Å². The molecule has 0 spiro atoms. The summed E-state index contributed by atoms with van der Waals surface area (Å²) >= 11 is 0. The standard InChI is InChI=1S/C11H21N3/c1-4-5-11-13-7-9-14(11)8-6-10(2)12-3/h7,9-10,12H,4-6,8H2,1-3H3. The SMILES string of the molecule is CCCc1nccn1CCC(C)NC. The summed E-state index contributed by atoms with van der Waals surface area (Å²) in [7, 11) is 2.01. The lowest BCUT2D eigenvalue weighted by Crippen LogP contribution is -2.23. The molecule has 0 amide bonds. The van der Waals surface area contributed by atoms with Gasteiger partial charge in [-0.15, -0.1) is 0 Å². The van der Waals surface area contributed by atoms with Crippen molar-refractivity contribution in [3.8, 4) is 0 Å². The zero-order chi connectivity index (χ0) is 10.4. The largest absolute Gasteiger partial charge is 0.335 e. The Bertz CT molecular complexity index is 255. The van der Waals surface area contributed by atoms with E-state index in [1.165, 1.54) is 12.2 Å². The van der Waals surface area contributed by atoms with E-state index in [-0.39, 0.29) is 0 Å². The van der Waals surface area contributed by atoms with Gasteiger partial charge >= 0.3 is 0 Å². The molecule has 0 fully saturated rings. The Morgan fingerprint density at radius 3 is 3.00 bits per heavy atom. The number of aryl methyl sites for hydroxylation is 2. The highest BCUT2D eigenvalue weighted by Crippen LogP contribution is 2.03. The lowest BCUT2D eigenvalue weighted by Gasteiger charge is -2.11. The first kappa shape index (κ1) is 11.2. The third-order valence-electron chi connectivity index (χ3n) is 2.57. The van der Waals surface area contributed by atoms with Gasteiger partial charge in [0.15, 0.2) is 0 Å². The molecule has 0 radical (unpaired) electrons. The third-order valence-corrected chi connectivity index (χ3v) is 2.57. The fourth-order valence-corrected chi connectivity index (χ4v) is 1.47. The van der Waals surface area contributed by atoms with E-state index in [0.29, 0.717) is 6.04 Å². The molecule has 0 aromatic carbocycles. The van der Waals surface area contributed by atoms with Crippen molar-refractivity contribution >= 4 is 0 Å². The average molecular weight is 195 g/mol. The number of hydrogen-bond donors (Lipinski definition) is 1. The molecule has 1 rings (SSSR count). The second kappa shape index (κ2) is 5.81. The van der Waals surface area contributed by atoms with Crippen LogP contribution in [0.2, 0.25) is 0 Å². The molecule has 0 aliphatic rings. The van der Waals surface area contributed by atoms with Gasteiger partial charge in [-0.3, -0.25) is 0 Å². The van der Waals surface area contributed by atoms with Gasteiger partial charge in [0.05, 0.1) is 0 Å². The molecule has 0 saturated carbocycles. The van der Waals surface area contributed by atoms with Crippen LogP contribution in [0.1, 0.15) is 32.5 Å². The molecule has 0 aliphatic carbocycles. The minimum atomic E-state index is 0.576. The quantitative estimate of drug-likeness (QED) is 0.750. The molecule has 0 bridgehead atoms. The van der Waals surface area contributed by atoms with E-state index in [1.807, 2.05) is 13.2 Å². The maximum atomic E-state index is 4.35. The number of aromatic nitrogens is 2. The van der Waals surface area contributed by atoms with Crippen LogP contribution < -0.4 is 5.32 Å². The molecular formula is C11H21N3. The summed E-state index contributed by atoms with van der Waals surface area (Å²) in [5, 5.41) is 3.25. The van der Waals surface area contributed by atoms with Crippen LogP contribution in [-0.4, -0.2) is 22.6 Å². The van der Waals surface area contributed by atoms with Crippen LogP contribution in [0.5, 0.6) is 0 Å². The van der Waals surface area contributed by atoms with Crippen molar-refractivity contribution in [2.24, 2.45) is 0 Å². The monoisotopic (exact) mass is 195 g/mol. The number of nitrogens with one attached hydrogen (secondary N) is 1. The third kappa shape index (κ3) is 3.14. The van der Waals surface area contributed by atoms with E-state index in [9.17, 15) is 0 Å². The minimum Gasteiger partial charge on any atom is -0.335 e. The summed E-state index contributed by atoms with van der Waals surface area (Å²) in [5.41, 5.74) is 0. The maximum Gasteiger partial charge on any atom is 0.108 e. The van der Waals surface area contributed by atoms with Gasteiger partial charge in [0.2, 0.25) is 0 Å². The van der Waals surface area contributed by atoms with E-state index < -0.39 is 0 Å². The van der Waals surface area contributed by atoms with Gasteiger partial charge < -0.3 is 9.88 Å². The lowest BCUT2D eigenvalue weighted by molar-refractivity contribution is 0.500. The van der Waals surface area contributed by atoms with Crippen LogP contribution >= 0.6 is 0 Å². The molecule has 1 N–H and O–H groups in total. The molecule has 3 heteroatoms. The van der Waals surface area contributed by atoms with E-state index in [2.05, 4.69) is 34.9 Å². The molecule has 1 aromatic heterocycles. The van der Waals surface area contributed by atoms with Crippen molar-refractivity contribution in [1.29, 1.82) is 0 Å². The fraction of sp³-hybridized carbons (Fsp3) is 0.727. The predicted molar refractivity (Wildman–Crippen MR) is 59.4 cm³/mol. The van der Waals surface area contributed by atoms with E-state index in [1.54, 1.807) is 0 Å². The van der Waals surface area contributed by atoms with Crippen molar-refractivity contribution in [1.82, 2.24) is 14.9 Å². The van der Waals surface area contributed by atoms with Gasteiger partial charge in [-0.25, -0.2) is 4.98 Å². The number of imidazole rings is 1. The van der Waals surface area contributed by atoms with Crippen LogP contribution in [0, 0.1) is 0 Å². The molecule has 1 aromatic rings. The van der Waals surface area contributed by atoms with E-state index >= 15 is 0 Å². The van der Waals surface area contributed by atoms with Crippen molar-refractivity contribution in [3.05, 3.63) is 18.2 Å². The van der Waals surface area contributed by atoms with Crippen molar-refractivity contribution in [2.45, 2.75) is 45.7 Å². The Labute approximate surface area is 86.5 Å². The predicted octanol–water partition coefficient (Wildman–Crippen LogP) is 1.83. The van der Waals surface area contributed by atoms with Gasteiger partial charge in [-0.2, -0.15) is 0 Å². The molecule has 1 heterocycles. The maximum absolute atomic E-state index is 4.35. The highest BCUT2D eigenvalue weighted by atomic mass is 15.1. The highest BCUT2D eigenvalue weighted by Gasteiger charge is 2.03. The van der Waals surface area contributed by atoms with Gasteiger partial charge in [0, 0.05) is 31.4 Å². The molecule has 14 heavy (non-hydrogen) atoms. The molecule has 0 saturated heterocycles. The molecule has 1 unspecified atom stereocenters. The summed E-state index contributed by atoms with van der Waals surface area (Å²) in [4.78, 5) is 4.35. The first-order valence-corrected chi connectivity index (χ1v) is 5.45. The summed E-state index contributed by atoms with van der Waals surface area (Å²) in [6, 6.07) is 0.576. The van der Waals surface area contributed by atoms with Crippen molar-refractivity contribution < 1.29 is 0 Å². The summed E-state index contributed by atoms with van der Waals surface area (Å²) < 4.78 is 2.26. The minimum absolute atomic E-state index is 0.576. The topological polar surface area (TPSA) is 29.9 Å². The van der Waals surface area contributed by atoms with Gasteiger partial charge in [0.25, 0.3) is 0 Å². The van der Waals surface area contributed by atoms with Crippen LogP contribution in [0.4, 0.5) is 0 Å². The van der Waals surface area contributed by atoms with Crippen molar-refractivity contribution in [3.63, 3.8) is 0 Å². The van der Waals surface area contributed by atoms with Gasteiger partial charge in [-0.1, -0.05) is 6.92 Å². The second-order valence-corrected chi connectivity index (χ2v) is 3.77.